The third-order valence-corrected chi connectivity index (χ3v) is 6.54. The first-order valence-electron chi connectivity index (χ1n) is 8.73. The Morgan fingerprint density at radius 3 is 2.58 bits per heavy atom. The molecule has 3 nitrogen and oxygen atoms in total. The van der Waals surface area contributed by atoms with Gasteiger partial charge in [0.1, 0.15) is 5.25 Å². The van der Waals surface area contributed by atoms with Crippen LogP contribution in [0.4, 0.5) is 0 Å². The summed E-state index contributed by atoms with van der Waals surface area (Å²) in [6.07, 6.45) is 2.18. The van der Waals surface area contributed by atoms with Gasteiger partial charge in [-0.05, 0) is 25.3 Å². The van der Waals surface area contributed by atoms with Crippen LogP contribution in [0.5, 0.6) is 0 Å². The summed E-state index contributed by atoms with van der Waals surface area (Å²) in [6.45, 7) is 2.08. The van der Waals surface area contributed by atoms with Crippen LogP contribution < -0.4 is 5.32 Å². The zero-order valence-electron chi connectivity index (χ0n) is 14.5. The first-order valence-corrected chi connectivity index (χ1v) is 10.5. The van der Waals surface area contributed by atoms with Crippen molar-refractivity contribution in [3.8, 4) is 11.3 Å². The van der Waals surface area contributed by atoms with Crippen molar-refractivity contribution in [3.63, 3.8) is 0 Å². The van der Waals surface area contributed by atoms with Gasteiger partial charge in [-0.25, -0.2) is 4.98 Å². The molecule has 26 heavy (non-hydrogen) atoms. The van der Waals surface area contributed by atoms with E-state index in [0.29, 0.717) is 6.04 Å². The van der Waals surface area contributed by atoms with Crippen LogP contribution in [0.1, 0.15) is 29.2 Å². The number of nitrogens with zero attached hydrogens (tertiary/aromatic N) is 1. The molecule has 1 N–H and O–H groups in total. The quantitative estimate of drug-likeness (QED) is 0.595. The molecule has 1 atom stereocenters. The van der Waals surface area contributed by atoms with Crippen molar-refractivity contribution < 1.29 is 4.79 Å². The van der Waals surface area contributed by atoms with E-state index >= 15 is 0 Å². The Hall–Kier alpha value is -2.11. The second kappa shape index (κ2) is 7.64. The first kappa shape index (κ1) is 17.3. The molecule has 4 rings (SSSR count). The van der Waals surface area contributed by atoms with E-state index in [9.17, 15) is 4.79 Å². The summed E-state index contributed by atoms with van der Waals surface area (Å²) in [4.78, 5) is 17.5. The van der Waals surface area contributed by atoms with E-state index in [4.69, 9.17) is 4.98 Å². The lowest BCUT2D eigenvalue weighted by molar-refractivity contribution is -0.120. The van der Waals surface area contributed by atoms with Gasteiger partial charge < -0.3 is 5.32 Å². The van der Waals surface area contributed by atoms with Crippen LogP contribution >= 0.6 is 23.1 Å². The molecule has 1 amide bonds. The zero-order chi connectivity index (χ0) is 17.9. The lowest BCUT2D eigenvalue weighted by Crippen LogP contribution is -2.29. The van der Waals surface area contributed by atoms with E-state index in [2.05, 4.69) is 41.9 Å². The number of hydrogen-bond donors (Lipinski definition) is 1. The van der Waals surface area contributed by atoms with Crippen LogP contribution in [-0.4, -0.2) is 16.9 Å². The second-order valence-corrected chi connectivity index (χ2v) is 8.77. The molecule has 1 heterocycles. The number of rotatable bonds is 6. The molecular weight excluding hydrogens is 360 g/mol. The summed E-state index contributed by atoms with van der Waals surface area (Å²) in [6, 6.07) is 18.7. The maximum Gasteiger partial charge on any atom is 0.238 e. The lowest BCUT2D eigenvalue weighted by atomic mass is 10.1. The van der Waals surface area contributed by atoms with Crippen LogP contribution in [0.15, 0.2) is 64.3 Å². The summed E-state index contributed by atoms with van der Waals surface area (Å²) in [7, 11) is 0. The summed E-state index contributed by atoms with van der Waals surface area (Å²) < 4.78 is 0.917. The van der Waals surface area contributed by atoms with E-state index in [0.717, 1.165) is 34.0 Å². The predicted octanol–water partition coefficient (Wildman–Crippen LogP) is 5.23. The number of hydrogen-bond acceptors (Lipinski definition) is 4. The Balaban J connectivity index is 1.55. The summed E-state index contributed by atoms with van der Waals surface area (Å²) in [5, 5.41) is 4.93. The molecule has 0 radical (unpaired) electrons. The van der Waals surface area contributed by atoms with Gasteiger partial charge in [0, 0.05) is 17.0 Å². The lowest BCUT2D eigenvalue weighted by Gasteiger charge is -2.15. The summed E-state index contributed by atoms with van der Waals surface area (Å²) in [5.41, 5.74) is 4.33. The Bertz CT molecular complexity index is 886. The van der Waals surface area contributed by atoms with Crippen LogP contribution in [0.3, 0.4) is 0 Å². The minimum Gasteiger partial charge on any atom is -0.352 e. The molecule has 3 aromatic rings. The van der Waals surface area contributed by atoms with Crippen molar-refractivity contribution in [1.29, 1.82) is 0 Å². The molecule has 1 fully saturated rings. The van der Waals surface area contributed by atoms with E-state index in [1.54, 1.807) is 11.3 Å². The van der Waals surface area contributed by atoms with Gasteiger partial charge in [-0.3, -0.25) is 4.79 Å². The Labute approximate surface area is 161 Å². The van der Waals surface area contributed by atoms with Crippen molar-refractivity contribution in [2.24, 2.45) is 0 Å². The normalized spacial score (nSPS) is 14.8. The van der Waals surface area contributed by atoms with Crippen molar-refractivity contribution in [1.82, 2.24) is 10.3 Å². The molecule has 0 spiro atoms. The van der Waals surface area contributed by atoms with Crippen molar-refractivity contribution >= 4 is 29.0 Å². The standard InChI is InChI=1S/C21H20N2OS2/c1-14-7-9-15(10-8-14)18-13-25-21(23-18)26-19(16-5-3-2-4-6-16)20(24)22-17-11-12-17/h2-10,13,17,19H,11-12H2,1H3,(H,22,24)/t19-/m0/s1. The molecule has 2 aromatic carbocycles. The monoisotopic (exact) mass is 380 g/mol. The maximum absolute atomic E-state index is 12.8. The fourth-order valence-corrected chi connectivity index (χ4v) is 4.70. The number of amides is 1. The second-order valence-electron chi connectivity index (χ2n) is 6.56. The third-order valence-electron chi connectivity index (χ3n) is 4.31. The summed E-state index contributed by atoms with van der Waals surface area (Å²) >= 11 is 3.13. The van der Waals surface area contributed by atoms with Crippen molar-refractivity contribution in [2.45, 2.75) is 35.4 Å². The summed E-state index contributed by atoms with van der Waals surface area (Å²) in [5.74, 6) is 0.0794. The Morgan fingerprint density at radius 1 is 1.15 bits per heavy atom. The number of aromatic nitrogens is 1. The van der Waals surface area contributed by atoms with Gasteiger partial charge in [0.05, 0.1) is 5.69 Å². The zero-order valence-corrected chi connectivity index (χ0v) is 16.1. The number of benzene rings is 2. The number of nitrogens with one attached hydrogen (secondary N) is 1. The van der Waals surface area contributed by atoms with Gasteiger partial charge >= 0.3 is 0 Å². The molecule has 1 aromatic heterocycles. The van der Waals surface area contributed by atoms with E-state index in [1.807, 2.05) is 30.3 Å². The minimum absolute atomic E-state index is 0.0794. The number of aryl methyl sites for hydroxylation is 1. The predicted molar refractivity (Wildman–Crippen MR) is 108 cm³/mol. The molecule has 1 aliphatic rings. The third kappa shape index (κ3) is 4.17. The molecule has 1 aliphatic carbocycles. The highest BCUT2D eigenvalue weighted by molar-refractivity contribution is 8.01. The minimum atomic E-state index is -0.270. The maximum atomic E-state index is 12.8. The first-order chi connectivity index (χ1) is 12.7. The molecule has 132 valence electrons. The fourth-order valence-electron chi connectivity index (χ4n) is 2.67. The molecule has 5 heteroatoms. The number of carbonyl (C=O) groups is 1. The van der Waals surface area contributed by atoms with Gasteiger partial charge in [0.15, 0.2) is 4.34 Å². The number of thioether (sulfide) groups is 1. The smallest absolute Gasteiger partial charge is 0.238 e. The van der Waals surface area contributed by atoms with Gasteiger partial charge in [-0.2, -0.15) is 0 Å². The van der Waals surface area contributed by atoms with Gasteiger partial charge in [-0.1, -0.05) is 71.9 Å². The van der Waals surface area contributed by atoms with Crippen LogP contribution in [-0.2, 0) is 4.79 Å². The molecule has 0 saturated heterocycles. The Kier molecular flexibility index (Phi) is 5.09. The fraction of sp³-hybridized carbons (Fsp3) is 0.238. The Morgan fingerprint density at radius 2 is 1.88 bits per heavy atom. The SMILES string of the molecule is Cc1ccc(-c2csc(S[C@H](C(=O)NC3CC3)c3ccccc3)n2)cc1. The molecule has 0 unspecified atom stereocenters. The van der Waals surface area contributed by atoms with Crippen molar-refractivity contribution in [2.75, 3.05) is 0 Å². The number of thiazole rings is 1. The highest BCUT2D eigenvalue weighted by Gasteiger charge is 2.29. The number of carbonyl (C=O) groups excluding carboxylic acids is 1. The highest BCUT2D eigenvalue weighted by atomic mass is 32.2. The van der Waals surface area contributed by atoms with Gasteiger partial charge in [-0.15, -0.1) is 11.3 Å². The average molecular weight is 381 g/mol. The largest absolute Gasteiger partial charge is 0.352 e. The van der Waals surface area contributed by atoms with E-state index < -0.39 is 0 Å². The van der Waals surface area contributed by atoms with E-state index in [1.165, 1.54) is 17.3 Å². The van der Waals surface area contributed by atoms with Crippen LogP contribution in [0.25, 0.3) is 11.3 Å². The van der Waals surface area contributed by atoms with Crippen LogP contribution in [0, 0.1) is 6.92 Å². The van der Waals surface area contributed by atoms with Gasteiger partial charge in [0.25, 0.3) is 0 Å². The topological polar surface area (TPSA) is 42.0 Å². The van der Waals surface area contributed by atoms with Crippen molar-refractivity contribution in [3.05, 3.63) is 71.1 Å². The average Bonchev–Trinajstić information content (AvgIpc) is 3.35. The van der Waals surface area contributed by atoms with Gasteiger partial charge in [0.2, 0.25) is 5.91 Å². The molecular formula is C21H20N2OS2. The molecule has 0 bridgehead atoms. The highest BCUT2D eigenvalue weighted by Crippen LogP contribution is 2.39. The van der Waals surface area contributed by atoms with Crippen LogP contribution in [0.2, 0.25) is 0 Å². The van der Waals surface area contributed by atoms with E-state index in [-0.39, 0.29) is 11.2 Å². The molecule has 0 aliphatic heterocycles. The molecule has 1 saturated carbocycles.